The zero-order valence-corrected chi connectivity index (χ0v) is 22.3. The first-order chi connectivity index (χ1) is 18.8. The van der Waals surface area contributed by atoms with Crippen molar-refractivity contribution in [3.8, 4) is 11.5 Å². The van der Waals surface area contributed by atoms with Crippen LogP contribution in [0.5, 0.6) is 11.5 Å². The van der Waals surface area contributed by atoms with E-state index in [-0.39, 0.29) is 34.2 Å². The van der Waals surface area contributed by atoms with Crippen molar-refractivity contribution in [2.75, 3.05) is 31.1 Å². The van der Waals surface area contributed by atoms with Crippen LogP contribution in [0.2, 0.25) is 0 Å². The van der Waals surface area contributed by atoms with E-state index in [9.17, 15) is 9.18 Å². The molecule has 39 heavy (non-hydrogen) atoms. The van der Waals surface area contributed by atoms with Crippen LogP contribution in [0.1, 0.15) is 42.1 Å². The Labute approximate surface area is 230 Å². The van der Waals surface area contributed by atoms with Crippen LogP contribution >= 0.6 is 11.6 Å². The molecule has 3 aromatic rings. The molecule has 6 rings (SSSR count). The Kier molecular flexibility index (Phi) is 6.79. The van der Waals surface area contributed by atoms with Crippen molar-refractivity contribution in [2.24, 2.45) is 11.8 Å². The molecular formula is C29H29ClF2N4O3. The van der Waals surface area contributed by atoms with E-state index < -0.39 is 17.5 Å². The SMILES string of the molecule is CC1CCC(C2(c3ccc(F)cc3)Oc3cc(F)c(C(=O)N4CCN(c5cnccn5)CC4)cc3O2)C(Cl)C1. The summed E-state index contributed by atoms with van der Waals surface area (Å²) < 4.78 is 42.1. The van der Waals surface area contributed by atoms with Gasteiger partial charge in [0, 0.05) is 55.6 Å². The highest BCUT2D eigenvalue weighted by molar-refractivity contribution is 6.20. The number of rotatable bonds is 4. The van der Waals surface area contributed by atoms with Crippen LogP contribution < -0.4 is 14.4 Å². The number of alkyl halides is 1. The van der Waals surface area contributed by atoms with Gasteiger partial charge in [0.1, 0.15) is 17.5 Å². The standard InChI is InChI=1S/C29H29ClF2N4O3/c1-18-2-7-22(23(30)14-18)29(19-3-5-20(31)6-4-19)38-25-15-21(24(32)16-26(25)39-29)28(37)36-12-10-35(11-13-36)27-17-33-8-9-34-27/h3-6,8-9,15-18,22-23H,2,7,10-14H2,1H3. The van der Waals surface area contributed by atoms with Crippen LogP contribution in [0.3, 0.4) is 0 Å². The van der Waals surface area contributed by atoms with Gasteiger partial charge >= 0.3 is 0 Å². The molecule has 204 valence electrons. The van der Waals surface area contributed by atoms with Gasteiger partial charge in [-0.3, -0.25) is 9.78 Å². The number of aromatic nitrogens is 2. The minimum absolute atomic E-state index is 0.0834. The molecule has 2 aliphatic heterocycles. The van der Waals surface area contributed by atoms with E-state index in [1.54, 1.807) is 35.6 Å². The summed E-state index contributed by atoms with van der Waals surface area (Å²) >= 11 is 6.86. The van der Waals surface area contributed by atoms with E-state index >= 15 is 4.39 Å². The van der Waals surface area contributed by atoms with E-state index in [0.717, 1.165) is 25.1 Å². The van der Waals surface area contributed by atoms with Crippen LogP contribution in [0.4, 0.5) is 14.6 Å². The smallest absolute Gasteiger partial charge is 0.282 e. The summed E-state index contributed by atoms with van der Waals surface area (Å²) in [4.78, 5) is 25.5. The lowest BCUT2D eigenvalue weighted by Crippen LogP contribution is -2.49. The molecule has 1 saturated heterocycles. The molecule has 4 unspecified atom stereocenters. The third-order valence-corrected chi connectivity index (χ3v) is 8.48. The summed E-state index contributed by atoms with van der Waals surface area (Å²) in [7, 11) is 0. The number of piperazine rings is 1. The fourth-order valence-corrected chi connectivity index (χ4v) is 6.47. The number of anilines is 1. The lowest BCUT2D eigenvalue weighted by molar-refractivity contribution is -0.144. The van der Waals surface area contributed by atoms with Crippen LogP contribution in [0.15, 0.2) is 55.0 Å². The predicted octanol–water partition coefficient (Wildman–Crippen LogP) is 5.39. The molecule has 0 bridgehead atoms. The van der Waals surface area contributed by atoms with Crippen molar-refractivity contribution in [1.29, 1.82) is 0 Å². The highest BCUT2D eigenvalue weighted by Crippen LogP contribution is 2.53. The topological polar surface area (TPSA) is 67.8 Å². The summed E-state index contributed by atoms with van der Waals surface area (Å²) in [5.74, 6) is -1.44. The quantitative estimate of drug-likeness (QED) is 0.403. The Morgan fingerprint density at radius 3 is 2.41 bits per heavy atom. The molecule has 0 radical (unpaired) electrons. The maximum Gasteiger partial charge on any atom is 0.282 e. The van der Waals surface area contributed by atoms with Gasteiger partial charge in [0.2, 0.25) is 0 Å². The molecule has 2 aromatic carbocycles. The van der Waals surface area contributed by atoms with Gasteiger partial charge in [-0.2, -0.15) is 0 Å². The fraction of sp³-hybridized carbons (Fsp3) is 0.414. The van der Waals surface area contributed by atoms with Crippen molar-refractivity contribution < 1.29 is 23.0 Å². The van der Waals surface area contributed by atoms with Gasteiger partial charge in [-0.05, 0) is 49.1 Å². The molecule has 1 saturated carbocycles. The van der Waals surface area contributed by atoms with Crippen molar-refractivity contribution in [2.45, 2.75) is 37.4 Å². The Morgan fingerprint density at radius 2 is 1.74 bits per heavy atom. The maximum atomic E-state index is 15.4. The second-order valence-corrected chi connectivity index (χ2v) is 11.1. The molecule has 0 spiro atoms. The fourth-order valence-electron chi connectivity index (χ4n) is 5.87. The largest absolute Gasteiger partial charge is 0.444 e. The van der Waals surface area contributed by atoms with E-state index in [4.69, 9.17) is 21.1 Å². The molecule has 7 nitrogen and oxygen atoms in total. The Bertz CT molecular complexity index is 1350. The number of hydrogen-bond donors (Lipinski definition) is 0. The molecule has 1 aromatic heterocycles. The Hall–Kier alpha value is -3.46. The van der Waals surface area contributed by atoms with Gasteiger partial charge in [-0.1, -0.05) is 13.3 Å². The van der Waals surface area contributed by atoms with Crippen LogP contribution in [0.25, 0.3) is 0 Å². The van der Waals surface area contributed by atoms with Crippen LogP contribution in [0, 0.1) is 23.5 Å². The molecule has 4 atom stereocenters. The van der Waals surface area contributed by atoms with Crippen LogP contribution in [-0.2, 0) is 5.79 Å². The summed E-state index contributed by atoms with van der Waals surface area (Å²) in [6.45, 7) is 4.10. The summed E-state index contributed by atoms with van der Waals surface area (Å²) in [6, 6.07) is 8.54. The summed E-state index contributed by atoms with van der Waals surface area (Å²) in [5, 5.41) is -0.260. The minimum Gasteiger partial charge on any atom is -0.444 e. The third-order valence-electron chi connectivity index (χ3n) is 8.00. The maximum absolute atomic E-state index is 15.4. The second-order valence-electron chi connectivity index (χ2n) is 10.5. The van der Waals surface area contributed by atoms with Crippen molar-refractivity contribution in [1.82, 2.24) is 14.9 Å². The Morgan fingerprint density at radius 1 is 1.03 bits per heavy atom. The zero-order chi connectivity index (χ0) is 27.1. The molecule has 0 N–H and O–H groups in total. The van der Waals surface area contributed by atoms with Crippen molar-refractivity contribution >= 4 is 23.3 Å². The van der Waals surface area contributed by atoms with Gasteiger partial charge in [-0.15, -0.1) is 11.6 Å². The lowest BCUT2D eigenvalue weighted by Gasteiger charge is -2.41. The number of carbonyl (C=O) groups is 1. The third kappa shape index (κ3) is 4.77. The number of halogens is 3. The first-order valence-electron chi connectivity index (χ1n) is 13.3. The number of ether oxygens (including phenoxy) is 2. The lowest BCUT2D eigenvalue weighted by atomic mass is 9.76. The average Bonchev–Trinajstić information content (AvgIpc) is 3.32. The molecule has 3 aliphatic rings. The number of carbonyl (C=O) groups excluding carboxylic acids is 1. The van der Waals surface area contributed by atoms with E-state index in [0.29, 0.717) is 37.7 Å². The predicted molar refractivity (Wildman–Crippen MR) is 142 cm³/mol. The van der Waals surface area contributed by atoms with Crippen LogP contribution in [-0.4, -0.2) is 52.3 Å². The highest BCUT2D eigenvalue weighted by atomic mass is 35.5. The van der Waals surface area contributed by atoms with Gasteiger partial charge in [0.25, 0.3) is 11.7 Å². The van der Waals surface area contributed by atoms with Gasteiger partial charge < -0.3 is 19.3 Å². The van der Waals surface area contributed by atoms with Crippen molar-refractivity contribution in [3.05, 3.63) is 77.8 Å². The monoisotopic (exact) mass is 554 g/mol. The summed E-state index contributed by atoms with van der Waals surface area (Å²) in [6.07, 6.45) is 7.35. The van der Waals surface area contributed by atoms with Crippen molar-refractivity contribution in [3.63, 3.8) is 0 Å². The minimum atomic E-state index is -1.35. The molecule has 10 heteroatoms. The molecular weight excluding hydrogens is 526 g/mol. The zero-order valence-electron chi connectivity index (χ0n) is 21.5. The Balaban J connectivity index is 1.26. The van der Waals surface area contributed by atoms with E-state index in [1.165, 1.54) is 24.3 Å². The first kappa shape index (κ1) is 25.8. The second kappa shape index (κ2) is 10.3. The molecule has 2 fully saturated rings. The number of fused-ring (bicyclic) bond motifs is 1. The molecule has 1 aliphatic carbocycles. The number of amides is 1. The van der Waals surface area contributed by atoms with Gasteiger partial charge in [0.05, 0.1) is 17.7 Å². The van der Waals surface area contributed by atoms with E-state index in [1.807, 2.05) is 4.90 Å². The first-order valence-corrected chi connectivity index (χ1v) is 13.7. The van der Waals surface area contributed by atoms with E-state index in [2.05, 4.69) is 16.9 Å². The molecule has 3 heterocycles. The van der Waals surface area contributed by atoms with Gasteiger partial charge in [0.15, 0.2) is 11.5 Å². The highest BCUT2D eigenvalue weighted by Gasteiger charge is 2.54. The van der Waals surface area contributed by atoms with Gasteiger partial charge in [-0.25, -0.2) is 13.8 Å². The summed E-state index contributed by atoms with van der Waals surface area (Å²) in [5.41, 5.74) is 0.513. The number of benzene rings is 2. The molecule has 1 amide bonds. The average molecular weight is 555 g/mol. The number of hydrogen-bond acceptors (Lipinski definition) is 6. The number of nitrogens with zero attached hydrogens (tertiary/aromatic N) is 4. The normalized spacial score (nSPS) is 26.5.